The van der Waals surface area contributed by atoms with Crippen LogP contribution in [0.3, 0.4) is 0 Å². The van der Waals surface area contributed by atoms with Crippen molar-refractivity contribution in [2.45, 2.75) is 37.3 Å². The van der Waals surface area contributed by atoms with Crippen LogP contribution >= 0.6 is 11.6 Å². The van der Waals surface area contributed by atoms with Crippen LogP contribution in [0.15, 0.2) is 23.1 Å². The van der Waals surface area contributed by atoms with Crippen molar-refractivity contribution in [1.29, 1.82) is 0 Å². The number of hydrogen-bond donors (Lipinski definition) is 2. The average molecular weight is 333 g/mol. The largest absolute Gasteiger partial charge is 0.393 e. The number of benzene rings is 1. The van der Waals surface area contributed by atoms with E-state index in [1.807, 2.05) is 0 Å². The summed E-state index contributed by atoms with van der Waals surface area (Å²) in [6.45, 7) is 2.89. The highest BCUT2D eigenvalue weighted by Crippen LogP contribution is 2.29. The summed E-state index contributed by atoms with van der Waals surface area (Å²) in [6, 6.07) is 4.79. The highest BCUT2D eigenvalue weighted by molar-refractivity contribution is 7.89. The molecule has 0 amide bonds. The molecule has 7 heteroatoms. The van der Waals surface area contributed by atoms with Gasteiger partial charge in [0.25, 0.3) is 0 Å². The van der Waals surface area contributed by atoms with Gasteiger partial charge >= 0.3 is 0 Å². The molecule has 0 saturated carbocycles. The van der Waals surface area contributed by atoms with E-state index < -0.39 is 16.1 Å². The van der Waals surface area contributed by atoms with Gasteiger partial charge < -0.3 is 10.8 Å². The number of aliphatic hydroxyl groups excluding tert-OH is 1. The van der Waals surface area contributed by atoms with Gasteiger partial charge in [-0.05, 0) is 43.4 Å². The van der Waals surface area contributed by atoms with Crippen molar-refractivity contribution < 1.29 is 13.5 Å². The van der Waals surface area contributed by atoms with Gasteiger partial charge in [0.2, 0.25) is 10.0 Å². The van der Waals surface area contributed by atoms with Crippen LogP contribution in [0.5, 0.6) is 0 Å². The Morgan fingerprint density at radius 2 is 2.05 bits per heavy atom. The minimum Gasteiger partial charge on any atom is -0.393 e. The van der Waals surface area contributed by atoms with Gasteiger partial charge in [-0.1, -0.05) is 17.7 Å². The van der Waals surface area contributed by atoms with Crippen LogP contribution in [0.1, 0.15) is 25.3 Å². The van der Waals surface area contributed by atoms with E-state index in [1.54, 1.807) is 19.1 Å². The molecule has 1 aliphatic rings. The third-order valence-electron chi connectivity index (χ3n) is 4.03. The fourth-order valence-electron chi connectivity index (χ4n) is 2.62. The van der Waals surface area contributed by atoms with E-state index in [4.69, 9.17) is 17.3 Å². The first-order valence-electron chi connectivity index (χ1n) is 7.03. The summed E-state index contributed by atoms with van der Waals surface area (Å²) in [5.74, 6) is 0.159. The maximum Gasteiger partial charge on any atom is 0.244 e. The van der Waals surface area contributed by atoms with E-state index in [0.717, 1.165) is 5.56 Å². The molecule has 1 atom stereocenters. The number of halogens is 1. The molecule has 1 saturated heterocycles. The molecule has 1 aromatic carbocycles. The SMILES string of the molecule is CC(O)C1CCN(S(=O)(=O)c2ccc(CN)cc2Cl)CC1. The number of nitrogens with zero attached hydrogens (tertiary/aromatic N) is 1. The number of sulfonamides is 1. The molecular formula is C14H21ClN2O3S. The maximum atomic E-state index is 12.6. The smallest absolute Gasteiger partial charge is 0.244 e. The van der Waals surface area contributed by atoms with Gasteiger partial charge in [0.05, 0.1) is 11.1 Å². The van der Waals surface area contributed by atoms with E-state index in [2.05, 4.69) is 0 Å². The first-order valence-corrected chi connectivity index (χ1v) is 8.84. The van der Waals surface area contributed by atoms with Gasteiger partial charge in [-0.2, -0.15) is 4.31 Å². The van der Waals surface area contributed by atoms with Crippen LogP contribution in [0.25, 0.3) is 0 Å². The minimum atomic E-state index is -3.59. The van der Waals surface area contributed by atoms with Crippen LogP contribution in [0, 0.1) is 5.92 Å². The second kappa shape index (κ2) is 6.62. The molecule has 0 bridgehead atoms. The van der Waals surface area contributed by atoms with E-state index in [1.165, 1.54) is 10.4 Å². The van der Waals surface area contributed by atoms with Crippen molar-refractivity contribution in [1.82, 2.24) is 4.31 Å². The topological polar surface area (TPSA) is 83.6 Å². The highest BCUT2D eigenvalue weighted by atomic mass is 35.5. The van der Waals surface area contributed by atoms with Crippen LogP contribution < -0.4 is 5.73 Å². The Labute approximate surface area is 130 Å². The summed E-state index contributed by atoms with van der Waals surface area (Å²) in [6.07, 6.45) is 0.924. The molecular weight excluding hydrogens is 312 g/mol. The molecule has 1 unspecified atom stereocenters. The molecule has 1 aliphatic heterocycles. The fraction of sp³-hybridized carbons (Fsp3) is 0.571. The van der Waals surface area contributed by atoms with Gasteiger partial charge in [0.1, 0.15) is 4.90 Å². The predicted molar refractivity (Wildman–Crippen MR) is 82.5 cm³/mol. The van der Waals surface area contributed by atoms with Crippen molar-refractivity contribution in [3.8, 4) is 0 Å². The molecule has 0 aliphatic carbocycles. The number of aliphatic hydroxyl groups is 1. The normalized spacial score (nSPS) is 19.6. The standard InChI is InChI=1S/C14H21ClN2O3S/c1-10(18)12-4-6-17(7-5-12)21(19,20)14-3-2-11(9-16)8-13(14)15/h2-3,8,10,12,18H,4-7,9,16H2,1H3. The lowest BCUT2D eigenvalue weighted by Gasteiger charge is -2.32. The van der Waals surface area contributed by atoms with E-state index in [0.29, 0.717) is 32.5 Å². The van der Waals surface area contributed by atoms with Gasteiger partial charge in [0.15, 0.2) is 0 Å². The zero-order chi connectivity index (χ0) is 15.6. The molecule has 3 N–H and O–H groups in total. The van der Waals surface area contributed by atoms with Crippen molar-refractivity contribution >= 4 is 21.6 Å². The highest BCUT2D eigenvalue weighted by Gasteiger charge is 2.32. The van der Waals surface area contributed by atoms with Crippen molar-refractivity contribution in [3.05, 3.63) is 28.8 Å². The Hall–Kier alpha value is -0.660. The van der Waals surface area contributed by atoms with E-state index in [-0.39, 0.29) is 15.8 Å². The van der Waals surface area contributed by atoms with Crippen molar-refractivity contribution in [2.24, 2.45) is 11.7 Å². The summed E-state index contributed by atoms with van der Waals surface area (Å²) in [4.78, 5) is 0.122. The first-order chi connectivity index (χ1) is 9.86. The predicted octanol–water partition coefficient (Wildman–Crippen LogP) is 1.58. The summed E-state index contributed by atoms with van der Waals surface area (Å²) >= 11 is 6.09. The van der Waals surface area contributed by atoms with E-state index >= 15 is 0 Å². The molecule has 1 aromatic rings. The third kappa shape index (κ3) is 3.57. The lowest BCUT2D eigenvalue weighted by molar-refractivity contribution is 0.0912. The second-order valence-electron chi connectivity index (χ2n) is 5.45. The zero-order valence-electron chi connectivity index (χ0n) is 12.0. The molecule has 0 spiro atoms. The Morgan fingerprint density at radius 1 is 1.43 bits per heavy atom. The Balaban J connectivity index is 2.19. The molecule has 1 fully saturated rings. The van der Waals surface area contributed by atoms with Crippen LogP contribution in [-0.2, 0) is 16.6 Å². The summed E-state index contributed by atoms with van der Waals surface area (Å²) in [5, 5.41) is 9.79. The van der Waals surface area contributed by atoms with Gasteiger partial charge in [-0.15, -0.1) is 0 Å². The molecule has 5 nitrogen and oxygen atoms in total. The quantitative estimate of drug-likeness (QED) is 0.876. The molecule has 1 heterocycles. The van der Waals surface area contributed by atoms with Gasteiger partial charge in [0, 0.05) is 19.6 Å². The maximum absolute atomic E-state index is 12.6. The van der Waals surface area contributed by atoms with Crippen LogP contribution in [-0.4, -0.2) is 37.0 Å². The molecule has 21 heavy (non-hydrogen) atoms. The number of piperidine rings is 1. The van der Waals surface area contributed by atoms with Gasteiger partial charge in [-0.3, -0.25) is 0 Å². The summed E-state index contributed by atoms with van der Waals surface area (Å²) < 4.78 is 26.7. The van der Waals surface area contributed by atoms with Gasteiger partial charge in [-0.25, -0.2) is 8.42 Å². The first kappa shape index (κ1) is 16.7. The van der Waals surface area contributed by atoms with Crippen LogP contribution in [0.2, 0.25) is 5.02 Å². The van der Waals surface area contributed by atoms with Crippen molar-refractivity contribution in [3.63, 3.8) is 0 Å². The zero-order valence-corrected chi connectivity index (χ0v) is 13.6. The molecule has 2 rings (SSSR count). The number of hydrogen-bond acceptors (Lipinski definition) is 4. The van der Waals surface area contributed by atoms with Crippen molar-refractivity contribution in [2.75, 3.05) is 13.1 Å². The monoisotopic (exact) mass is 332 g/mol. The van der Waals surface area contributed by atoms with E-state index in [9.17, 15) is 13.5 Å². The third-order valence-corrected chi connectivity index (χ3v) is 6.41. The minimum absolute atomic E-state index is 0.122. The second-order valence-corrected chi connectivity index (χ2v) is 7.76. The van der Waals surface area contributed by atoms with Crippen LogP contribution in [0.4, 0.5) is 0 Å². The Morgan fingerprint density at radius 3 is 2.52 bits per heavy atom. The Kier molecular flexibility index (Phi) is 5.27. The lowest BCUT2D eigenvalue weighted by atomic mass is 9.93. The Bertz CT molecular complexity index is 596. The fourth-order valence-corrected chi connectivity index (χ4v) is 4.63. The lowest BCUT2D eigenvalue weighted by Crippen LogP contribution is -2.40. The average Bonchev–Trinajstić information content (AvgIpc) is 2.46. The molecule has 118 valence electrons. The number of nitrogens with two attached hydrogens (primary N) is 1. The molecule has 0 aromatic heterocycles. The molecule has 0 radical (unpaired) electrons. The summed E-state index contributed by atoms with van der Waals surface area (Å²) in [5.41, 5.74) is 6.32. The summed E-state index contributed by atoms with van der Waals surface area (Å²) in [7, 11) is -3.59. The number of rotatable bonds is 4.